The molecule has 1 heterocycles. The Morgan fingerprint density at radius 3 is 2.29 bits per heavy atom. The average molecular weight is 702 g/mol. The van der Waals surface area contributed by atoms with E-state index in [4.69, 9.17) is 30.4 Å². The summed E-state index contributed by atoms with van der Waals surface area (Å²) in [6, 6.07) is 17.6. The van der Waals surface area contributed by atoms with Gasteiger partial charge in [-0.2, -0.15) is 4.99 Å². The van der Waals surface area contributed by atoms with Gasteiger partial charge in [-0.25, -0.2) is 14.4 Å². The predicted octanol–water partition coefficient (Wildman–Crippen LogP) is 4.49. The van der Waals surface area contributed by atoms with Gasteiger partial charge in [-0.1, -0.05) is 30.3 Å². The number of para-hydroxylation sites is 1. The first-order valence-corrected chi connectivity index (χ1v) is 16.7. The summed E-state index contributed by atoms with van der Waals surface area (Å²) in [5.74, 6) is -2.16. The van der Waals surface area contributed by atoms with Crippen LogP contribution in [0.25, 0.3) is 0 Å². The number of rotatable bonds is 13. The molecule has 1 aliphatic heterocycles. The molecule has 0 bridgehead atoms. The van der Waals surface area contributed by atoms with Crippen LogP contribution in [-0.4, -0.2) is 79.1 Å². The van der Waals surface area contributed by atoms with E-state index in [0.29, 0.717) is 31.5 Å². The lowest BCUT2D eigenvalue weighted by molar-refractivity contribution is -0.156. The molecular formula is C37H43N5O9. The number of amides is 3. The van der Waals surface area contributed by atoms with Crippen LogP contribution in [0.3, 0.4) is 0 Å². The molecule has 1 saturated heterocycles. The molecule has 0 spiro atoms. The molecule has 14 heteroatoms. The highest BCUT2D eigenvalue weighted by atomic mass is 16.6. The highest BCUT2D eigenvalue weighted by Crippen LogP contribution is 2.34. The topological polar surface area (TPSA) is 202 Å². The molecule has 51 heavy (non-hydrogen) atoms. The summed E-state index contributed by atoms with van der Waals surface area (Å²) in [5, 5.41) is 2.84. The van der Waals surface area contributed by atoms with Crippen LogP contribution in [0.5, 0.6) is 5.75 Å². The van der Waals surface area contributed by atoms with Crippen LogP contribution in [0.2, 0.25) is 0 Å². The van der Waals surface area contributed by atoms with E-state index in [9.17, 15) is 24.0 Å². The number of anilines is 2. The molecule has 14 nitrogen and oxygen atoms in total. The fourth-order valence-corrected chi connectivity index (χ4v) is 5.40. The van der Waals surface area contributed by atoms with E-state index in [1.165, 1.54) is 18.2 Å². The van der Waals surface area contributed by atoms with Crippen molar-refractivity contribution in [2.45, 2.75) is 58.7 Å². The smallest absolute Gasteiger partial charge is 0.435 e. The summed E-state index contributed by atoms with van der Waals surface area (Å²) < 4.78 is 21.6. The summed E-state index contributed by atoms with van der Waals surface area (Å²) in [6.07, 6.45) is -0.386. The average Bonchev–Trinajstić information content (AvgIpc) is 3.10. The number of nitrogens with zero attached hydrogens (tertiary/aromatic N) is 2. The molecule has 0 atom stereocenters. The first-order chi connectivity index (χ1) is 24.5. The molecule has 3 aromatic rings. The predicted molar refractivity (Wildman–Crippen MR) is 189 cm³/mol. The molecule has 3 amide bonds. The molecule has 3 aromatic carbocycles. The molecule has 0 aromatic heterocycles. The number of likely N-dealkylation sites (tertiary alicyclic amines) is 1. The van der Waals surface area contributed by atoms with E-state index < -0.39 is 23.9 Å². The summed E-state index contributed by atoms with van der Waals surface area (Å²) in [7, 11) is 0. The lowest BCUT2D eigenvalue weighted by Gasteiger charge is -2.32. The Bertz CT molecular complexity index is 1750. The third kappa shape index (κ3) is 10.9. The van der Waals surface area contributed by atoms with Gasteiger partial charge in [0, 0.05) is 41.9 Å². The fourth-order valence-electron chi connectivity index (χ4n) is 5.40. The molecular weight excluding hydrogens is 658 g/mol. The molecule has 0 unspecified atom stereocenters. The zero-order valence-electron chi connectivity index (χ0n) is 28.9. The number of benzene rings is 3. The van der Waals surface area contributed by atoms with Gasteiger partial charge < -0.3 is 40.6 Å². The Balaban J connectivity index is 1.64. The quantitative estimate of drug-likeness (QED) is 0.0745. The Morgan fingerprint density at radius 2 is 1.63 bits per heavy atom. The number of carbonyl (C=O) groups is 5. The SMILES string of the molecule is CCOC(=O)N=C(N)c1ccc(OC(=O)c2ccccc2N)c(CCC(=O)N2CCC(OCC(=O)OC(C)C)CC2)c1NC(=O)c1ccccc1. The molecule has 1 fully saturated rings. The second-order valence-electron chi connectivity index (χ2n) is 11.9. The largest absolute Gasteiger partial charge is 0.461 e. The first-order valence-electron chi connectivity index (χ1n) is 16.7. The van der Waals surface area contributed by atoms with Gasteiger partial charge in [0.1, 0.15) is 18.2 Å². The number of esters is 2. The monoisotopic (exact) mass is 701 g/mol. The Labute approximate surface area is 296 Å². The van der Waals surface area contributed by atoms with E-state index in [1.807, 2.05) is 0 Å². The number of nitrogen functional groups attached to an aromatic ring is 1. The van der Waals surface area contributed by atoms with Crippen molar-refractivity contribution in [2.24, 2.45) is 10.7 Å². The maximum Gasteiger partial charge on any atom is 0.435 e. The summed E-state index contributed by atoms with van der Waals surface area (Å²) in [5.41, 5.74) is 13.4. The van der Waals surface area contributed by atoms with E-state index in [1.54, 1.807) is 74.2 Å². The zero-order valence-corrected chi connectivity index (χ0v) is 28.9. The third-order valence-corrected chi connectivity index (χ3v) is 7.87. The van der Waals surface area contributed by atoms with E-state index in [0.717, 1.165) is 0 Å². The van der Waals surface area contributed by atoms with Gasteiger partial charge in [0.05, 0.1) is 30.1 Å². The van der Waals surface area contributed by atoms with E-state index >= 15 is 0 Å². The number of carbonyl (C=O) groups excluding carboxylic acids is 5. The van der Waals surface area contributed by atoms with Gasteiger partial charge in [0.2, 0.25) is 5.91 Å². The van der Waals surface area contributed by atoms with Crippen molar-refractivity contribution in [3.05, 3.63) is 89.0 Å². The van der Waals surface area contributed by atoms with Gasteiger partial charge in [0.25, 0.3) is 5.91 Å². The standard InChI is InChI=1S/C37H43N5O9/c1-4-48-37(47)41-34(39)28-14-16-30(51-36(46)26-12-8-9-13-29(26)38)27(33(28)40-35(45)24-10-6-5-7-11-24)15-17-31(43)42-20-18-25(19-21-42)49-22-32(44)50-23(2)3/h5-14,16,23,25H,4,15,17-22,38H2,1-3H3,(H,40,45)(H2,39,41,47). The second-order valence-corrected chi connectivity index (χ2v) is 11.9. The second kappa shape index (κ2) is 18.3. The van der Waals surface area contributed by atoms with Crippen molar-refractivity contribution in [2.75, 3.05) is 37.4 Å². The van der Waals surface area contributed by atoms with Crippen LogP contribution in [0.15, 0.2) is 71.7 Å². The van der Waals surface area contributed by atoms with Crippen molar-refractivity contribution in [3.8, 4) is 5.75 Å². The molecule has 270 valence electrons. The summed E-state index contributed by atoms with van der Waals surface area (Å²) in [6.45, 7) is 5.83. The summed E-state index contributed by atoms with van der Waals surface area (Å²) >= 11 is 0. The normalized spacial score (nSPS) is 13.4. The molecule has 0 radical (unpaired) electrons. The minimum Gasteiger partial charge on any atom is -0.461 e. The number of ether oxygens (including phenoxy) is 4. The van der Waals surface area contributed by atoms with E-state index in [2.05, 4.69) is 10.3 Å². The van der Waals surface area contributed by atoms with Crippen LogP contribution in [0, 0.1) is 0 Å². The molecule has 5 N–H and O–H groups in total. The zero-order chi connectivity index (χ0) is 36.9. The minimum atomic E-state index is -0.939. The molecule has 0 saturated carbocycles. The third-order valence-electron chi connectivity index (χ3n) is 7.87. The van der Waals surface area contributed by atoms with E-state index in [-0.39, 0.29) is 83.8 Å². The van der Waals surface area contributed by atoms with Crippen molar-refractivity contribution >= 4 is 47.1 Å². The van der Waals surface area contributed by atoms with Crippen molar-refractivity contribution in [3.63, 3.8) is 0 Å². The van der Waals surface area contributed by atoms with Crippen molar-refractivity contribution in [1.29, 1.82) is 0 Å². The molecule has 0 aliphatic carbocycles. The maximum absolute atomic E-state index is 13.5. The van der Waals surface area contributed by atoms with Gasteiger partial charge >= 0.3 is 18.0 Å². The van der Waals surface area contributed by atoms with Crippen LogP contribution < -0.4 is 21.5 Å². The van der Waals surface area contributed by atoms with Gasteiger partial charge in [-0.15, -0.1) is 0 Å². The highest BCUT2D eigenvalue weighted by molar-refractivity contribution is 6.12. The fraction of sp³-hybridized carbons (Fsp3) is 0.351. The lowest BCUT2D eigenvalue weighted by Crippen LogP contribution is -2.41. The Kier molecular flexibility index (Phi) is 13.6. The number of hydrogen-bond acceptors (Lipinski definition) is 10. The molecule has 4 rings (SSSR count). The van der Waals surface area contributed by atoms with Gasteiger partial charge in [-0.05, 0) is 76.4 Å². The number of amidine groups is 1. The van der Waals surface area contributed by atoms with Gasteiger partial charge in [0.15, 0.2) is 0 Å². The Morgan fingerprint density at radius 1 is 0.941 bits per heavy atom. The van der Waals surface area contributed by atoms with Crippen molar-refractivity contribution in [1.82, 2.24) is 4.90 Å². The molecule has 1 aliphatic rings. The minimum absolute atomic E-state index is 0.00583. The number of nitrogens with two attached hydrogens (primary N) is 2. The number of aliphatic imine (C=N–C) groups is 1. The Hall–Kier alpha value is -5.76. The number of hydrogen-bond donors (Lipinski definition) is 3. The number of piperidine rings is 1. The van der Waals surface area contributed by atoms with Crippen LogP contribution in [-0.2, 0) is 30.2 Å². The highest BCUT2D eigenvalue weighted by Gasteiger charge is 2.27. The maximum atomic E-state index is 13.5. The summed E-state index contributed by atoms with van der Waals surface area (Å²) in [4.78, 5) is 70.0. The lowest BCUT2D eigenvalue weighted by atomic mass is 9.99. The number of nitrogens with one attached hydrogen (secondary N) is 1. The first kappa shape index (κ1) is 38.0. The van der Waals surface area contributed by atoms with Crippen LogP contribution in [0.4, 0.5) is 16.2 Å². The van der Waals surface area contributed by atoms with Crippen LogP contribution in [0.1, 0.15) is 71.9 Å². The van der Waals surface area contributed by atoms with Crippen molar-refractivity contribution < 1.29 is 42.9 Å². The van der Waals surface area contributed by atoms with Crippen LogP contribution >= 0.6 is 0 Å². The van der Waals surface area contributed by atoms with Gasteiger partial charge in [-0.3, -0.25) is 9.59 Å².